The lowest BCUT2D eigenvalue weighted by atomic mass is 10.1. The molecule has 2 rings (SSSR count). The molecule has 0 radical (unpaired) electrons. The molecule has 1 aromatic carbocycles. The molecule has 0 bridgehead atoms. The molecule has 21 heavy (non-hydrogen) atoms. The molecule has 1 heterocycles. The van der Waals surface area contributed by atoms with Crippen molar-refractivity contribution in [1.82, 2.24) is 4.90 Å². The molecule has 2 unspecified atom stereocenters. The van der Waals surface area contributed by atoms with E-state index in [-0.39, 0.29) is 22.9 Å². The fourth-order valence-electron chi connectivity index (χ4n) is 2.81. The van der Waals surface area contributed by atoms with Crippen LogP contribution in [0.15, 0.2) is 27.6 Å². The standard InChI is InChI=1S/C14H17BrClNO3S/c1-3-12-5-4-9(2)17(12)14(18)10-6-11(15)8-13(7-10)21(16,19)20/h6-9,12H,3-5H2,1-2H3. The molecule has 0 N–H and O–H groups in total. The summed E-state index contributed by atoms with van der Waals surface area (Å²) in [5.74, 6) is -0.144. The second-order valence-electron chi connectivity index (χ2n) is 5.31. The van der Waals surface area contributed by atoms with Crippen LogP contribution in [0.2, 0.25) is 0 Å². The second-order valence-corrected chi connectivity index (χ2v) is 8.80. The Kier molecular flexibility index (Phi) is 5.00. The van der Waals surface area contributed by atoms with E-state index in [0.717, 1.165) is 19.3 Å². The fourth-order valence-corrected chi connectivity index (χ4v) is 4.26. The molecule has 1 saturated heterocycles. The smallest absolute Gasteiger partial charge is 0.261 e. The van der Waals surface area contributed by atoms with Crippen LogP contribution in [-0.4, -0.2) is 31.3 Å². The van der Waals surface area contributed by atoms with E-state index >= 15 is 0 Å². The summed E-state index contributed by atoms with van der Waals surface area (Å²) in [6, 6.07) is 4.74. The fraction of sp³-hybridized carbons (Fsp3) is 0.500. The monoisotopic (exact) mass is 393 g/mol. The molecule has 1 aromatic rings. The molecule has 1 amide bonds. The van der Waals surface area contributed by atoms with Gasteiger partial charge >= 0.3 is 0 Å². The van der Waals surface area contributed by atoms with E-state index in [2.05, 4.69) is 22.9 Å². The maximum Gasteiger partial charge on any atom is 0.261 e. The lowest BCUT2D eigenvalue weighted by Crippen LogP contribution is -2.39. The Labute approximate surface area is 138 Å². The third-order valence-electron chi connectivity index (χ3n) is 3.89. The Morgan fingerprint density at radius 1 is 1.38 bits per heavy atom. The molecule has 2 atom stereocenters. The third-order valence-corrected chi connectivity index (χ3v) is 5.68. The first kappa shape index (κ1) is 16.8. The first-order chi connectivity index (χ1) is 9.74. The molecule has 1 aliphatic heterocycles. The first-order valence-corrected chi connectivity index (χ1v) is 9.92. The lowest BCUT2D eigenvalue weighted by molar-refractivity contribution is 0.0676. The van der Waals surface area contributed by atoms with Crippen molar-refractivity contribution in [1.29, 1.82) is 0 Å². The van der Waals surface area contributed by atoms with Gasteiger partial charge in [0.25, 0.3) is 15.0 Å². The SMILES string of the molecule is CCC1CCC(C)N1C(=O)c1cc(Br)cc(S(=O)(=O)Cl)c1. The molecule has 0 saturated carbocycles. The van der Waals surface area contributed by atoms with Gasteiger partial charge in [0.1, 0.15) is 0 Å². The van der Waals surface area contributed by atoms with Crippen LogP contribution in [-0.2, 0) is 9.05 Å². The quantitative estimate of drug-likeness (QED) is 0.733. The number of carbonyl (C=O) groups is 1. The van der Waals surface area contributed by atoms with Crippen molar-refractivity contribution in [3.63, 3.8) is 0 Å². The highest BCUT2D eigenvalue weighted by molar-refractivity contribution is 9.10. The van der Waals surface area contributed by atoms with E-state index in [1.807, 2.05) is 11.8 Å². The highest BCUT2D eigenvalue weighted by atomic mass is 79.9. The average Bonchev–Trinajstić information content (AvgIpc) is 2.77. The molecule has 1 fully saturated rings. The van der Waals surface area contributed by atoms with Gasteiger partial charge in [-0.3, -0.25) is 4.79 Å². The van der Waals surface area contributed by atoms with Gasteiger partial charge < -0.3 is 4.90 Å². The van der Waals surface area contributed by atoms with Gasteiger partial charge in [0, 0.05) is 32.8 Å². The Hall–Kier alpha value is -0.590. The second kappa shape index (κ2) is 6.26. The van der Waals surface area contributed by atoms with Crippen molar-refractivity contribution in [3.05, 3.63) is 28.2 Å². The Bertz CT molecular complexity index is 662. The van der Waals surface area contributed by atoms with Gasteiger partial charge in [-0.2, -0.15) is 0 Å². The topological polar surface area (TPSA) is 54.5 Å². The van der Waals surface area contributed by atoms with Crippen LogP contribution in [0.4, 0.5) is 0 Å². The van der Waals surface area contributed by atoms with Crippen LogP contribution in [0.25, 0.3) is 0 Å². The Morgan fingerprint density at radius 2 is 2.05 bits per heavy atom. The minimum Gasteiger partial charge on any atom is -0.333 e. The first-order valence-electron chi connectivity index (χ1n) is 6.82. The van der Waals surface area contributed by atoms with Crippen molar-refractivity contribution in [3.8, 4) is 0 Å². The van der Waals surface area contributed by atoms with Crippen LogP contribution >= 0.6 is 26.6 Å². The summed E-state index contributed by atoms with van der Waals surface area (Å²) < 4.78 is 23.5. The van der Waals surface area contributed by atoms with Crippen molar-refractivity contribution in [2.24, 2.45) is 0 Å². The number of hydrogen-bond acceptors (Lipinski definition) is 3. The van der Waals surface area contributed by atoms with Crippen LogP contribution in [0.3, 0.4) is 0 Å². The zero-order valence-corrected chi connectivity index (χ0v) is 15.0. The number of amides is 1. The van der Waals surface area contributed by atoms with Crippen molar-refractivity contribution >= 4 is 41.6 Å². The summed E-state index contributed by atoms with van der Waals surface area (Å²) in [6.45, 7) is 4.07. The molecule has 0 spiro atoms. The molecule has 4 nitrogen and oxygen atoms in total. The van der Waals surface area contributed by atoms with Crippen LogP contribution < -0.4 is 0 Å². The molecular weight excluding hydrogens is 378 g/mol. The van der Waals surface area contributed by atoms with Gasteiger partial charge in [0.2, 0.25) is 0 Å². The Morgan fingerprint density at radius 3 is 2.62 bits per heavy atom. The van der Waals surface area contributed by atoms with Gasteiger partial charge in [0.05, 0.1) is 4.90 Å². The van der Waals surface area contributed by atoms with E-state index < -0.39 is 9.05 Å². The number of halogens is 2. The number of benzene rings is 1. The summed E-state index contributed by atoms with van der Waals surface area (Å²) in [4.78, 5) is 14.5. The van der Waals surface area contributed by atoms with Crippen molar-refractivity contribution < 1.29 is 13.2 Å². The van der Waals surface area contributed by atoms with Gasteiger partial charge in [0.15, 0.2) is 0 Å². The largest absolute Gasteiger partial charge is 0.333 e. The number of hydrogen-bond donors (Lipinski definition) is 0. The van der Waals surface area contributed by atoms with Gasteiger partial charge in [-0.15, -0.1) is 0 Å². The van der Waals surface area contributed by atoms with Crippen LogP contribution in [0.5, 0.6) is 0 Å². The zero-order chi connectivity index (χ0) is 15.8. The molecular formula is C14H17BrClNO3S. The third kappa shape index (κ3) is 3.60. The highest BCUT2D eigenvalue weighted by Crippen LogP contribution is 2.30. The highest BCUT2D eigenvalue weighted by Gasteiger charge is 2.34. The zero-order valence-electron chi connectivity index (χ0n) is 11.8. The Balaban J connectivity index is 2.42. The normalized spacial score (nSPS) is 22.6. The number of carbonyl (C=O) groups excluding carboxylic acids is 1. The average molecular weight is 395 g/mol. The molecule has 116 valence electrons. The van der Waals surface area contributed by atoms with Gasteiger partial charge in [-0.1, -0.05) is 22.9 Å². The summed E-state index contributed by atoms with van der Waals surface area (Å²) >= 11 is 3.24. The number of likely N-dealkylation sites (tertiary alicyclic amines) is 1. The van der Waals surface area contributed by atoms with E-state index in [0.29, 0.717) is 10.0 Å². The summed E-state index contributed by atoms with van der Waals surface area (Å²) in [5.41, 5.74) is 0.343. The summed E-state index contributed by atoms with van der Waals surface area (Å²) in [7, 11) is 1.51. The van der Waals surface area contributed by atoms with Gasteiger partial charge in [-0.25, -0.2) is 8.42 Å². The van der Waals surface area contributed by atoms with E-state index in [4.69, 9.17) is 10.7 Å². The summed E-state index contributed by atoms with van der Waals surface area (Å²) in [5, 5.41) is 0. The van der Waals surface area contributed by atoms with Crippen LogP contribution in [0.1, 0.15) is 43.5 Å². The van der Waals surface area contributed by atoms with Crippen molar-refractivity contribution in [2.45, 2.75) is 50.1 Å². The van der Waals surface area contributed by atoms with Crippen LogP contribution in [0, 0.1) is 0 Å². The van der Waals surface area contributed by atoms with E-state index in [1.165, 1.54) is 12.1 Å². The number of nitrogens with zero attached hydrogens (tertiary/aromatic N) is 1. The lowest BCUT2D eigenvalue weighted by Gasteiger charge is -2.28. The minimum absolute atomic E-state index is 0.0678. The number of rotatable bonds is 3. The van der Waals surface area contributed by atoms with E-state index in [9.17, 15) is 13.2 Å². The maximum atomic E-state index is 12.7. The minimum atomic E-state index is -3.87. The maximum absolute atomic E-state index is 12.7. The van der Waals surface area contributed by atoms with Gasteiger partial charge in [-0.05, 0) is 44.4 Å². The predicted molar refractivity (Wildman–Crippen MR) is 86.1 cm³/mol. The molecule has 0 aromatic heterocycles. The van der Waals surface area contributed by atoms with E-state index in [1.54, 1.807) is 6.07 Å². The molecule has 0 aliphatic carbocycles. The summed E-state index contributed by atoms with van der Waals surface area (Å²) in [6.07, 6.45) is 2.85. The molecule has 7 heteroatoms. The predicted octanol–water partition coefficient (Wildman–Crippen LogP) is 3.78. The van der Waals surface area contributed by atoms with Crippen molar-refractivity contribution in [2.75, 3.05) is 0 Å². The molecule has 1 aliphatic rings.